The van der Waals surface area contributed by atoms with Crippen molar-refractivity contribution in [1.29, 1.82) is 0 Å². The third-order valence-corrected chi connectivity index (χ3v) is 5.85. The minimum Gasteiger partial charge on any atom is -0.384 e. The summed E-state index contributed by atoms with van der Waals surface area (Å²) < 4.78 is 0. The van der Waals surface area contributed by atoms with Gasteiger partial charge in [-0.05, 0) is 62.2 Å². The second-order valence-corrected chi connectivity index (χ2v) is 7.34. The quantitative estimate of drug-likeness (QED) is 0.914. The Hall–Kier alpha value is -1.12. The third-order valence-electron chi connectivity index (χ3n) is 5.85. The van der Waals surface area contributed by atoms with E-state index in [1.54, 1.807) is 0 Å². The van der Waals surface area contributed by atoms with Crippen molar-refractivity contribution in [3.05, 3.63) is 17.6 Å². The summed E-state index contributed by atoms with van der Waals surface area (Å²) in [5, 5.41) is 0. The summed E-state index contributed by atoms with van der Waals surface area (Å²) in [6, 6.07) is 2.06. The smallest absolute Gasteiger partial charge is 0.130 e. The number of nitrogens with two attached hydrogens (primary N) is 1. The molecule has 0 spiro atoms. The third kappa shape index (κ3) is 2.02. The first-order valence-corrected chi connectivity index (χ1v) is 8.36. The van der Waals surface area contributed by atoms with E-state index in [2.05, 4.69) is 18.0 Å². The molecule has 0 radical (unpaired) electrons. The molecule has 2 N–H and O–H groups in total. The summed E-state index contributed by atoms with van der Waals surface area (Å²) in [7, 11) is 0. The van der Waals surface area contributed by atoms with Gasteiger partial charge in [0.05, 0.1) is 0 Å². The normalized spacial score (nSPS) is 38.4. The Morgan fingerprint density at radius 1 is 1.05 bits per heavy atom. The van der Waals surface area contributed by atoms with Crippen molar-refractivity contribution in [2.45, 2.75) is 57.8 Å². The monoisotopic (exact) mass is 271 g/mol. The van der Waals surface area contributed by atoms with Crippen molar-refractivity contribution < 1.29 is 0 Å². The summed E-state index contributed by atoms with van der Waals surface area (Å²) in [4.78, 5) is 9.28. The Balaban J connectivity index is 1.67. The van der Waals surface area contributed by atoms with Gasteiger partial charge < -0.3 is 5.73 Å². The lowest BCUT2D eigenvalue weighted by Crippen LogP contribution is -2.44. The Morgan fingerprint density at radius 2 is 1.70 bits per heavy atom. The van der Waals surface area contributed by atoms with Crippen LogP contribution in [-0.2, 0) is 6.42 Å². The molecule has 1 aromatic heterocycles. The number of nitrogen functional groups attached to an aromatic ring is 1. The molecular weight excluding hydrogens is 246 g/mol. The van der Waals surface area contributed by atoms with Gasteiger partial charge in [0.15, 0.2) is 0 Å². The minimum absolute atomic E-state index is 0.670. The highest BCUT2D eigenvalue weighted by molar-refractivity contribution is 5.33. The average Bonchev–Trinajstić information content (AvgIpc) is 2.37. The van der Waals surface area contributed by atoms with Gasteiger partial charge in [-0.1, -0.05) is 6.92 Å². The summed E-state index contributed by atoms with van der Waals surface area (Å²) in [6.07, 6.45) is 9.29. The van der Waals surface area contributed by atoms with Crippen LogP contribution in [0.3, 0.4) is 0 Å². The van der Waals surface area contributed by atoms with E-state index in [1.165, 1.54) is 37.8 Å². The SMILES string of the molecule is CCCc1nc(N)cc(C2C3CC4CC(C3)CC2C4)n1. The van der Waals surface area contributed by atoms with E-state index in [1.807, 2.05) is 0 Å². The molecule has 0 aromatic carbocycles. The van der Waals surface area contributed by atoms with Gasteiger partial charge in [0.25, 0.3) is 0 Å². The molecule has 1 heterocycles. The van der Waals surface area contributed by atoms with Crippen LogP contribution in [0.15, 0.2) is 6.07 Å². The van der Waals surface area contributed by atoms with Gasteiger partial charge in [-0.3, -0.25) is 0 Å². The van der Waals surface area contributed by atoms with Crippen LogP contribution in [0.25, 0.3) is 0 Å². The largest absolute Gasteiger partial charge is 0.384 e. The zero-order chi connectivity index (χ0) is 13.7. The Bertz CT molecular complexity index is 483. The van der Waals surface area contributed by atoms with E-state index in [0.29, 0.717) is 11.7 Å². The maximum atomic E-state index is 6.03. The first-order chi connectivity index (χ1) is 9.72. The fraction of sp³-hybridized carbons (Fsp3) is 0.765. The van der Waals surface area contributed by atoms with Gasteiger partial charge in [-0.2, -0.15) is 0 Å². The number of aromatic nitrogens is 2. The van der Waals surface area contributed by atoms with E-state index in [4.69, 9.17) is 10.7 Å². The Morgan fingerprint density at radius 3 is 2.30 bits per heavy atom. The van der Waals surface area contributed by atoms with Crippen molar-refractivity contribution in [2.24, 2.45) is 23.7 Å². The zero-order valence-corrected chi connectivity index (χ0v) is 12.4. The van der Waals surface area contributed by atoms with Crippen LogP contribution >= 0.6 is 0 Å². The number of hydrogen-bond acceptors (Lipinski definition) is 3. The van der Waals surface area contributed by atoms with Crippen molar-refractivity contribution in [3.63, 3.8) is 0 Å². The van der Waals surface area contributed by atoms with Crippen LogP contribution in [0, 0.1) is 23.7 Å². The van der Waals surface area contributed by atoms with Crippen molar-refractivity contribution in [1.82, 2.24) is 9.97 Å². The molecule has 0 saturated heterocycles. The maximum absolute atomic E-state index is 6.03. The first-order valence-electron chi connectivity index (χ1n) is 8.36. The average molecular weight is 271 g/mol. The van der Waals surface area contributed by atoms with Gasteiger partial charge in [-0.25, -0.2) is 9.97 Å². The highest BCUT2D eigenvalue weighted by Gasteiger charge is 2.49. The van der Waals surface area contributed by atoms with Gasteiger partial charge in [0.2, 0.25) is 0 Å². The van der Waals surface area contributed by atoms with E-state index < -0.39 is 0 Å². The van der Waals surface area contributed by atoms with E-state index in [0.717, 1.165) is 42.3 Å². The number of nitrogens with zero attached hydrogens (tertiary/aromatic N) is 2. The molecule has 20 heavy (non-hydrogen) atoms. The van der Waals surface area contributed by atoms with Crippen molar-refractivity contribution in [2.75, 3.05) is 5.73 Å². The fourth-order valence-electron chi connectivity index (χ4n) is 5.45. The topological polar surface area (TPSA) is 51.8 Å². The molecule has 4 bridgehead atoms. The molecule has 4 aliphatic carbocycles. The molecule has 0 unspecified atom stereocenters. The summed E-state index contributed by atoms with van der Waals surface area (Å²) in [5.74, 6) is 6.07. The van der Waals surface area contributed by atoms with Gasteiger partial charge in [0, 0.05) is 24.1 Å². The second kappa shape index (κ2) is 4.71. The standard InChI is InChI=1S/C17H25N3/c1-2-3-16-19-14(9-15(18)20-16)17-12-5-10-4-11(7-12)8-13(17)6-10/h9-13,17H,2-8H2,1H3,(H2,18,19,20). The van der Waals surface area contributed by atoms with Crippen molar-refractivity contribution in [3.8, 4) is 0 Å². The first kappa shape index (κ1) is 12.6. The van der Waals surface area contributed by atoms with Crippen LogP contribution in [0.5, 0.6) is 0 Å². The van der Waals surface area contributed by atoms with Crippen LogP contribution in [0.1, 0.15) is 62.9 Å². The molecule has 4 aliphatic rings. The van der Waals surface area contributed by atoms with Crippen LogP contribution in [0.2, 0.25) is 0 Å². The molecule has 1 aromatic rings. The molecule has 3 heteroatoms. The molecule has 0 atom stereocenters. The van der Waals surface area contributed by atoms with Crippen LogP contribution < -0.4 is 5.73 Å². The molecule has 0 amide bonds. The molecule has 3 nitrogen and oxygen atoms in total. The summed E-state index contributed by atoms with van der Waals surface area (Å²) in [5.41, 5.74) is 7.29. The number of rotatable bonds is 3. The molecule has 0 aliphatic heterocycles. The van der Waals surface area contributed by atoms with Crippen LogP contribution in [0.4, 0.5) is 5.82 Å². The van der Waals surface area contributed by atoms with Crippen LogP contribution in [-0.4, -0.2) is 9.97 Å². The number of hydrogen-bond donors (Lipinski definition) is 1. The summed E-state index contributed by atoms with van der Waals surface area (Å²) >= 11 is 0. The van der Waals surface area contributed by atoms with Gasteiger partial charge in [-0.15, -0.1) is 0 Å². The molecule has 108 valence electrons. The summed E-state index contributed by atoms with van der Waals surface area (Å²) in [6.45, 7) is 2.18. The fourth-order valence-corrected chi connectivity index (χ4v) is 5.45. The Labute approximate surface area is 121 Å². The predicted molar refractivity (Wildman–Crippen MR) is 80.2 cm³/mol. The van der Waals surface area contributed by atoms with E-state index in [9.17, 15) is 0 Å². The lowest BCUT2D eigenvalue weighted by molar-refractivity contribution is -0.00422. The number of aryl methyl sites for hydroxylation is 1. The zero-order valence-electron chi connectivity index (χ0n) is 12.4. The minimum atomic E-state index is 0.670. The highest BCUT2D eigenvalue weighted by Crippen LogP contribution is 2.59. The molecular formula is C17H25N3. The molecule has 4 saturated carbocycles. The maximum Gasteiger partial charge on any atom is 0.130 e. The lowest BCUT2D eigenvalue weighted by Gasteiger charge is -2.54. The predicted octanol–water partition coefficient (Wildman–Crippen LogP) is 3.55. The number of anilines is 1. The van der Waals surface area contributed by atoms with Crippen molar-refractivity contribution >= 4 is 5.82 Å². The van der Waals surface area contributed by atoms with E-state index in [-0.39, 0.29) is 0 Å². The lowest BCUT2D eigenvalue weighted by atomic mass is 9.51. The highest BCUT2D eigenvalue weighted by atomic mass is 14.9. The van der Waals surface area contributed by atoms with Gasteiger partial charge >= 0.3 is 0 Å². The second-order valence-electron chi connectivity index (χ2n) is 7.34. The van der Waals surface area contributed by atoms with Gasteiger partial charge in [0.1, 0.15) is 11.6 Å². The Kier molecular flexibility index (Phi) is 2.97. The van der Waals surface area contributed by atoms with E-state index >= 15 is 0 Å². The molecule has 4 fully saturated rings. The molecule has 5 rings (SSSR count).